The summed E-state index contributed by atoms with van der Waals surface area (Å²) in [7, 11) is 0. The lowest BCUT2D eigenvalue weighted by molar-refractivity contribution is 0.424. The first-order valence-corrected chi connectivity index (χ1v) is 6.44. The van der Waals surface area contributed by atoms with Gasteiger partial charge in [-0.2, -0.15) is 0 Å². The molecule has 0 aliphatic rings. The summed E-state index contributed by atoms with van der Waals surface area (Å²) in [4.78, 5) is 0. The Morgan fingerprint density at radius 3 is 2.57 bits per heavy atom. The van der Waals surface area contributed by atoms with Crippen molar-refractivity contribution in [3.05, 3.63) is 31.8 Å². The van der Waals surface area contributed by atoms with Crippen molar-refractivity contribution in [1.29, 1.82) is 0 Å². The van der Waals surface area contributed by atoms with Crippen LogP contribution >= 0.6 is 38.5 Å². The Morgan fingerprint density at radius 2 is 2.00 bits per heavy atom. The molecule has 1 aromatic rings. The number of hydrogen-bond acceptors (Lipinski definition) is 1. The van der Waals surface area contributed by atoms with Crippen LogP contribution in [0.25, 0.3) is 0 Å². The second-order valence-corrected chi connectivity index (χ2v) is 6.42. The molecule has 0 saturated carbocycles. The van der Waals surface area contributed by atoms with E-state index in [2.05, 4.69) is 82.8 Å². The standard InChI is InChI=1S/C11H15BrIN/c1-11(2,3)14-7-8-6-9(12)4-5-10(8)13/h4-6,14H,7H2,1-3H3. The van der Waals surface area contributed by atoms with Crippen LogP contribution in [0.15, 0.2) is 22.7 Å². The number of nitrogens with one attached hydrogen (secondary N) is 1. The molecule has 0 amide bonds. The van der Waals surface area contributed by atoms with E-state index in [0.29, 0.717) is 0 Å². The first-order valence-electron chi connectivity index (χ1n) is 4.57. The van der Waals surface area contributed by atoms with Crippen LogP contribution in [0.3, 0.4) is 0 Å². The zero-order valence-electron chi connectivity index (χ0n) is 8.70. The topological polar surface area (TPSA) is 12.0 Å². The van der Waals surface area contributed by atoms with Crippen molar-refractivity contribution in [2.45, 2.75) is 32.9 Å². The lowest BCUT2D eigenvalue weighted by Gasteiger charge is -2.21. The van der Waals surface area contributed by atoms with E-state index in [9.17, 15) is 0 Å². The van der Waals surface area contributed by atoms with Crippen molar-refractivity contribution in [3.63, 3.8) is 0 Å². The Labute approximate surface area is 108 Å². The molecule has 0 fully saturated rings. The minimum atomic E-state index is 0.172. The van der Waals surface area contributed by atoms with Gasteiger partial charge in [-0.1, -0.05) is 15.9 Å². The van der Waals surface area contributed by atoms with Gasteiger partial charge in [-0.3, -0.25) is 0 Å². The van der Waals surface area contributed by atoms with Crippen molar-refractivity contribution < 1.29 is 0 Å². The van der Waals surface area contributed by atoms with Crippen LogP contribution in [0.2, 0.25) is 0 Å². The van der Waals surface area contributed by atoms with Gasteiger partial charge in [0.15, 0.2) is 0 Å². The molecular formula is C11H15BrIN. The number of hydrogen-bond donors (Lipinski definition) is 1. The van der Waals surface area contributed by atoms with Crippen LogP contribution in [0, 0.1) is 3.57 Å². The first-order chi connectivity index (χ1) is 6.38. The maximum atomic E-state index is 3.49. The summed E-state index contributed by atoms with van der Waals surface area (Å²) in [6.45, 7) is 7.45. The van der Waals surface area contributed by atoms with Gasteiger partial charge in [0.05, 0.1) is 0 Å². The van der Waals surface area contributed by atoms with Crippen molar-refractivity contribution in [2.75, 3.05) is 0 Å². The predicted octanol–water partition coefficient (Wildman–Crippen LogP) is 3.94. The molecule has 0 unspecified atom stereocenters. The van der Waals surface area contributed by atoms with E-state index in [1.807, 2.05) is 0 Å². The molecule has 0 aliphatic carbocycles. The van der Waals surface area contributed by atoms with Gasteiger partial charge in [0.1, 0.15) is 0 Å². The van der Waals surface area contributed by atoms with E-state index >= 15 is 0 Å². The van der Waals surface area contributed by atoms with Crippen molar-refractivity contribution in [2.24, 2.45) is 0 Å². The molecule has 78 valence electrons. The third-order valence-electron chi connectivity index (χ3n) is 1.82. The zero-order chi connectivity index (χ0) is 10.8. The highest BCUT2D eigenvalue weighted by Gasteiger charge is 2.09. The summed E-state index contributed by atoms with van der Waals surface area (Å²) in [5, 5.41) is 3.48. The lowest BCUT2D eigenvalue weighted by atomic mass is 10.1. The van der Waals surface area contributed by atoms with E-state index in [4.69, 9.17) is 0 Å². The molecule has 0 radical (unpaired) electrons. The van der Waals surface area contributed by atoms with Gasteiger partial charge in [0.2, 0.25) is 0 Å². The fourth-order valence-electron chi connectivity index (χ4n) is 1.04. The maximum Gasteiger partial charge on any atom is 0.0221 e. The highest BCUT2D eigenvalue weighted by molar-refractivity contribution is 14.1. The molecule has 1 rings (SSSR count). The molecule has 0 bridgehead atoms. The second kappa shape index (κ2) is 4.94. The Hall–Kier alpha value is 0.390. The minimum Gasteiger partial charge on any atom is -0.308 e. The van der Waals surface area contributed by atoms with Crippen molar-refractivity contribution >= 4 is 38.5 Å². The summed E-state index contributed by atoms with van der Waals surface area (Å²) in [5.41, 5.74) is 1.51. The van der Waals surface area contributed by atoms with Crippen LogP contribution in [-0.4, -0.2) is 5.54 Å². The summed E-state index contributed by atoms with van der Waals surface area (Å²) in [6, 6.07) is 6.37. The molecule has 1 aromatic carbocycles. The molecule has 14 heavy (non-hydrogen) atoms. The van der Waals surface area contributed by atoms with Crippen LogP contribution in [0.1, 0.15) is 26.3 Å². The summed E-state index contributed by atoms with van der Waals surface area (Å²) in [6.07, 6.45) is 0. The molecule has 0 aromatic heterocycles. The van der Waals surface area contributed by atoms with Crippen molar-refractivity contribution in [1.82, 2.24) is 5.32 Å². The molecule has 3 heteroatoms. The molecule has 1 N–H and O–H groups in total. The Kier molecular flexibility index (Phi) is 4.40. The molecule has 0 heterocycles. The zero-order valence-corrected chi connectivity index (χ0v) is 12.4. The molecule has 0 atom stereocenters. The van der Waals surface area contributed by atoms with Gasteiger partial charge >= 0.3 is 0 Å². The van der Waals surface area contributed by atoms with Gasteiger partial charge in [-0.05, 0) is 67.1 Å². The monoisotopic (exact) mass is 367 g/mol. The van der Waals surface area contributed by atoms with Gasteiger partial charge in [-0.25, -0.2) is 0 Å². The summed E-state index contributed by atoms with van der Waals surface area (Å²) < 4.78 is 2.45. The third kappa shape index (κ3) is 4.28. The van der Waals surface area contributed by atoms with Gasteiger partial charge in [-0.15, -0.1) is 0 Å². The average Bonchev–Trinajstić information content (AvgIpc) is 2.05. The van der Waals surface area contributed by atoms with Crippen LogP contribution in [0.4, 0.5) is 0 Å². The molecule has 1 nitrogen and oxygen atoms in total. The highest BCUT2D eigenvalue weighted by Crippen LogP contribution is 2.18. The average molecular weight is 368 g/mol. The first kappa shape index (κ1) is 12.5. The maximum absolute atomic E-state index is 3.49. The normalized spacial score (nSPS) is 11.8. The van der Waals surface area contributed by atoms with E-state index in [0.717, 1.165) is 11.0 Å². The number of halogens is 2. The van der Waals surface area contributed by atoms with Gasteiger partial charge in [0, 0.05) is 20.1 Å². The fourth-order valence-corrected chi connectivity index (χ4v) is 1.97. The smallest absolute Gasteiger partial charge is 0.0221 e. The SMILES string of the molecule is CC(C)(C)NCc1cc(Br)ccc1I. The van der Waals surface area contributed by atoms with Gasteiger partial charge < -0.3 is 5.32 Å². The van der Waals surface area contributed by atoms with Crippen LogP contribution in [0.5, 0.6) is 0 Å². The molecule has 0 saturated heterocycles. The van der Waals surface area contributed by atoms with E-state index in [1.54, 1.807) is 0 Å². The van der Waals surface area contributed by atoms with Gasteiger partial charge in [0.25, 0.3) is 0 Å². The Balaban J connectivity index is 2.72. The van der Waals surface area contributed by atoms with E-state index in [1.165, 1.54) is 9.13 Å². The highest BCUT2D eigenvalue weighted by atomic mass is 127. The predicted molar refractivity (Wildman–Crippen MR) is 73.5 cm³/mol. The summed E-state index contributed by atoms with van der Waals surface area (Å²) in [5.74, 6) is 0. The molecule has 0 spiro atoms. The summed E-state index contributed by atoms with van der Waals surface area (Å²) >= 11 is 5.85. The molecular weight excluding hydrogens is 353 g/mol. The third-order valence-corrected chi connectivity index (χ3v) is 3.36. The van der Waals surface area contributed by atoms with Crippen LogP contribution < -0.4 is 5.32 Å². The minimum absolute atomic E-state index is 0.172. The Morgan fingerprint density at radius 1 is 1.36 bits per heavy atom. The largest absolute Gasteiger partial charge is 0.308 e. The van der Waals surface area contributed by atoms with E-state index < -0.39 is 0 Å². The second-order valence-electron chi connectivity index (χ2n) is 4.34. The van der Waals surface area contributed by atoms with Crippen molar-refractivity contribution in [3.8, 4) is 0 Å². The quantitative estimate of drug-likeness (QED) is 0.780. The lowest BCUT2D eigenvalue weighted by Crippen LogP contribution is -2.35. The Bertz CT molecular complexity index is 318. The number of rotatable bonds is 2. The van der Waals surface area contributed by atoms with Crippen LogP contribution in [-0.2, 0) is 6.54 Å². The fraction of sp³-hybridized carbons (Fsp3) is 0.455. The molecule has 0 aliphatic heterocycles. The number of benzene rings is 1. The van der Waals surface area contributed by atoms with E-state index in [-0.39, 0.29) is 5.54 Å².